The number of pyridine rings is 1. The van der Waals surface area contributed by atoms with Gasteiger partial charge >= 0.3 is 0 Å². The third-order valence-corrected chi connectivity index (χ3v) is 3.90. The molecule has 0 fully saturated rings. The molecule has 2 rings (SSSR count). The van der Waals surface area contributed by atoms with Crippen molar-refractivity contribution in [1.29, 1.82) is 0 Å². The minimum Gasteiger partial charge on any atom is -0.490 e. The standard InChI is InChI=1S/C15H20N4OS.HI/c1-12(14-6-4-10-21-14)19-15(16-2)18-8-9-20-13-5-3-7-17-11-13;/h3-7,10-12H,8-9H2,1-2H3,(H2,16,18,19);1H. The van der Waals surface area contributed by atoms with E-state index in [1.807, 2.05) is 12.1 Å². The molecule has 2 N–H and O–H groups in total. The minimum atomic E-state index is 0. The highest BCUT2D eigenvalue weighted by Gasteiger charge is 2.07. The van der Waals surface area contributed by atoms with Gasteiger partial charge in [0.2, 0.25) is 0 Å². The van der Waals surface area contributed by atoms with Crippen molar-refractivity contribution in [3.05, 3.63) is 46.9 Å². The van der Waals surface area contributed by atoms with Crippen molar-refractivity contribution >= 4 is 41.3 Å². The van der Waals surface area contributed by atoms with Gasteiger partial charge in [-0.25, -0.2) is 0 Å². The summed E-state index contributed by atoms with van der Waals surface area (Å²) in [6, 6.07) is 8.14. The first-order valence-electron chi connectivity index (χ1n) is 6.83. The average Bonchev–Trinajstić information content (AvgIpc) is 3.05. The van der Waals surface area contributed by atoms with Crippen molar-refractivity contribution in [3.63, 3.8) is 0 Å². The molecule has 0 spiro atoms. The summed E-state index contributed by atoms with van der Waals surface area (Å²) in [6.45, 7) is 3.34. The van der Waals surface area contributed by atoms with Crippen LogP contribution in [0.25, 0.3) is 0 Å². The lowest BCUT2D eigenvalue weighted by Crippen LogP contribution is -2.40. The first kappa shape index (κ1) is 18.7. The number of hydrogen-bond acceptors (Lipinski definition) is 4. The van der Waals surface area contributed by atoms with E-state index in [4.69, 9.17) is 4.74 Å². The van der Waals surface area contributed by atoms with E-state index in [9.17, 15) is 0 Å². The number of aliphatic imine (C=N–C) groups is 1. The number of guanidine groups is 1. The Hall–Kier alpha value is -1.35. The number of hydrogen-bond donors (Lipinski definition) is 2. The predicted octanol–water partition coefficient (Wildman–Crippen LogP) is 3.07. The Bertz CT molecular complexity index is 548. The van der Waals surface area contributed by atoms with Crippen LogP contribution in [-0.2, 0) is 0 Å². The van der Waals surface area contributed by atoms with Crippen LogP contribution in [0.5, 0.6) is 5.75 Å². The van der Waals surface area contributed by atoms with Gasteiger partial charge in [0.15, 0.2) is 5.96 Å². The van der Waals surface area contributed by atoms with Crippen molar-refractivity contribution < 1.29 is 4.74 Å². The van der Waals surface area contributed by atoms with E-state index in [0.29, 0.717) is 13.2 Å². The number of rotatable bonds is 6. The largest absolute Gasteiger partial charge is 0.490 e. The molecule has 1 unspecified atom stereocenters. The molecule has 0 saturated carbocycles. The highest BCUT2D eigenvalue weighted by Crippen LogP contribution is 2.17. The van der Waals surface area contributed by atoms with Crippen molar-refractivity contribution in [2.24, 2.45) is 4.99 Å². The van der Waals surface area contributed by atoms with Crippen LogP contribution in [0.1, 0.15) is 17.8 Å². The monoisotopic (exact) mass is 432 g/mol. The Morgan fingerprint density at radius 2 is 2.27 bits per heavy atom. The lowest BCUT2D eigenvalue weighted by molar-refractivity contribution is 0.320. The topological polar surface area (TPSA) is 58.5 Å². The number of halogens is 1. The Morgan fingerprint density at radius 1 is 1.41 bits per heavy atom. The molecule has 2 aromatic rings. The molecule has 0 bridgehead atoms. The fraction of sp³-hybridized carbons (Fsp3) is 0.333. The maximum absolute atomic E-state index is 5.57. The highest BCUT2D eigenvalue weighted by atomic mass is 127. The summed E-state index contributed by atoms with van der Waals surface area (Å²) in [4.78, 5) is 9.50. The van der Waals surface area contributed by atoms with Crippen LogP contribution < -0.4 is 15.4 Å². The lowest BCUT2D eigenvalue weighted by atomic mass is 10.3. The zero-order valence-electron chi connectivity index (χ0n) is 12.7. The van der Waals surface area contributed by atoms with Crippen molar-refractivity contribution in [1.82, 2.24) is 15.6 Å². The van der Waals surface area contributed by atoms with E-state index in [0.717, 1.165) is 11.7 Å². The lowest BCUT2D eigenvalue weighted by Gasteiger charge is -2.17. The van der Waals surface area contributed by atoms with Crippen LogP contribution in [0.2, 0.25) is 0 Å². The van der Waals surface area contributed by atoms with Crippen LogP contribution >= 0.6 is 35.3 Å². The Balaban J connectivity index is 0.00000242. The molecule has 2 aromatic heterocycles. The fourth-order valence-electron chi connectivity index (χ4n) is 1.78. The molecule has 0 saturated heterocycles. The van der Waals surface area contributed by atoms with E-state index in [1.54, 1.807) is 30.8 Å². The van der Waals surface area contributed by atoms with Gasteiger partial charge in [-0.15, -0.1) is 35.3 Å². The summed E-state index contributed by atoms with van der Waals surface area (Å²) in [6.07, 6.45) is 3.43. The molecule has 0 radical (unpaired) electrons. The number of ether oxygens (including phenoxy) is 1. The van der Waals surface area contributed by atoms with Gasteiger partial charge in [0.1, 0.15) is 12.4 Å². The van der Waals surface area contributed by atoms with Gasteiger partial charge in [-0.05, 0) is 30.5 Å². The molecule has 0 aromatic carbocycles. The molecule has 1 atom stereocenters. The number of thiophene rings is 1. The zero-order valence-corrected chi connectivity index (χ0v) is 15.8. The minimum absolute atomic E-state index is 0. The summed E-state index contributed by atoms with van der Waals surface area (Å²) in [5.41, 5.74) is 0. The van der Waals surface area contributed by atoms with Crippen LogP contribution in [-0.4, -0.2) is 31.1 Å². The summed E-state index contributed by atoms with van der Waals surface area (Å²) in [7, 11) is 1.76. The van der Waals surface area contributed by atoms with Gasteiger partial charge in [-0.2, -0.15) is 0 Å². The maximum Gasteiger partial charge on any atom is 0.191 e. The van der Waals surface area contributed by atoms with Gasteiger partial charge in [0, 0.05) is 18.1 Å². The third-order valence-electron chi connectivity index (χ3n) is 2.84. The first-order chi connectivity index (χ1) is 10.3. The SMILES string of the molecule is CN=C(NCCOc1cccnc1)NC(C)c1cccs1.I. The molecule has 0 aliphatic carbocycles. The second kappa shape index (κ2) is 10.4. The van der Waals surface area contributed by atoms with Crippen LogP contribution in [0.15, 0.2) is 47.0 Å². The molecular formula is C15H21IN4OS. The molecule has 0 aliphatic heterocycles. The van der Waals surface area contributed by atoms with Crippen LogP contribution in [0.4, 0.5) is 0 Å². The fourth-order valence-corrected chi connectivity index (χ4v) is 2.51. The second-order valence-corrected chi connectivity index (χ2v) is 5.40. The molecule has 22 heavy (non-hydrogen) atoms. The Kier molecular flexibility index (Phi) is 8.83. The van der Waals surface area contributed by atoms with Crippen molar-refractivity contribution in [2.75, 3.05) is 20.2 Å². The van der Waals surface area contributed by atoms with Crippen molar-refractivity contribution in [2.45, 2.75) is 13.0 Å². The summed E-state index contributed by atoms with van der Waals surface area (Å²) < 4.78 is 5.57. The van der Waals surface area contributed by atoms with Gasteiger partial charge in [-0.1, -0.05) is 6.07 Å². The highest BCUT2D eigenvalue weighted by molar-refractivity contribution is 14.0. The number of aromatic nitrogens is 1. The van der Waals surface area contributed by atoms with Gasteiger partial charge < -0.3 is 15.4 Å². The van der Waals surface area contributed by atoms with E-state index >= 15 is 0 Å². The molecule has 0 aliphatic rings. The maximum atomic E-state index is 5.57. The molecule has 7 heteroatoms. The average molecular weight is 432 g/mol. The van der Waals surface area contributed by atoms with Gasteiger partial charge in [-0.3, -0.25) is 9.98 Å². The number of nitrogens with one attached hydrogen (secondary N) is 2. The van der Waals surface area contributed by atoms with E-state index < -0.39 is 0 Å². The number of nitrogens with zero attached hydrogens (tertiary/aromatic N) is 2. The smallest absolute Gasteiger partial charge is 0.191 e. The molecule has 2 heterocycles. The zero-order chi connectivity index (χ0) is 14.9. The van der Waals surface area contributed by atoms with Gasteiger partial charge in [0.05, 0.1) is 18.8 Å². The van der Waals surface area contributed by atoms with Crippen molar-refractivity contribution in [3.8, 4) is 5.75 Å². The molecule has 120 valence electrons. The summed E-state index contributed by atoms with van der Waals surface area (Å²) in [5, 5.41) is 8.65. The Morgan fingerprint density at radius 3 is 2.91 bits per heavy atom. The normalized spacial score (nSPS) is 12.2. The molecular weight excluding hydrogens is 411 g/mol. The molecule has 5 nitrogen and oxygen atoms in total. The quantitative estimate of drug-likeness (QED) is 0.319. The summed E-state index contributed by atoms with van der Waals surface area (Å²) in [5.74, 6) is 1.54. The third kappa shape index (κ3) is 6.18. The van der Waals surface area contributed by atoms with E-state index in [1.165, 1.54) is 4.88 Å². The van der Waals surface area contributed by atoms with Gasteiger partial charge in [0.25, 0.3) is 0 Å². The summed E-state index contributed by atoms with van der Waals surface area (Å²) >= 11 is 1.73. The second-order valence-electron chi connectivity index (χ2n) is 4.42. The molecule has 0 amide bonds. The first-order valence-corrected chi connectivity index (χ1v) is 7.71. The predicted molar refractivity (Wildman–Crippen MR) is 102 cm³/mol. The van der Waals surface area contributed by atoms with Crippen LogP contribution in [0, 0.1) is 0 Å². The Labute approximate surface area is 152 Å². The van der Waals surface area contributed by atoms with E-state index in [-0.39, 0.29) is 30.0 Å². The van der Waals surface area contributed by atoms with Crippen LogP contribution in [0.3, 0.4) is 0 Å². The van der Waals surface area contributed by atoms with E-state index in [2.05, 4.69) is 45.0 Å².